The normalized spacial score (nSPS) is 13.0. The van der Waals surface area contributed by atoms with Gasteiger partial charge in [-0.2, -0.15) is 0 Å². The molecule has 0 saturated heterocycles. The van der Waals surface area contributed by atoms with Crippen molar-refractivity contribution in [2.24, 2.45) is 0 Å². The predicted octanol–water partition coefficient (Wildman–Crippen LogP) is 3.94. The van der Waals surface area contributed by atoms with E-state index < -0.39 is 0 Å². The second-order valence-corrected chi connectivity index (χ2v) is 5.41. The van der Waals surface area contributed by atoms with Crippen molar-refractivity contribution in [2.45, 2.75) is 38.9 Å². The first-order valence-corrected chi connectivity index (χ1v) is 5.63. The minimum Gasteiger partial charge on any atom is -0.0890 e. The van der Waals surface area contributed by atoms with E-state index in [4.69, 9.17) is 0 Å². The molecule has 0 radical (unpaired) electrons. The molecule has 0 aliphatic rings. The summed E-state index contributed by atoms with van der Waals surface area (Å²) in [5.74, 6) is 0. The highest BCUT2D eigenvalue weighted by Gasteiger charge is 2.04. The van der Waals surface area contributed by atoms with E-state index >= 15 is 0 Å². The van der Waals surface area contributed by atoms with Gasteiger partial charge in [0.2, 0.25) is 0 Å². The van der Waals surface area contributed by atoms with Crippen molar-refractivity contribution >= 4 is 15.9 Å². The zero-order valence-corrected chi connectivity index (χ0v) is 10.4. The van der Waals surface area contributed by atoms with Crippen LogP contribution in [0.1, 0.15) is 29.2 Å². The molecule has 72 valence electrons. The van der Waals surface area contributed by atoms with Gasteiger partial charge >= 0.3 is 0 Å². The van der Waals surface area contributed by atoms with Crippen LogP contribution >= 0.6 is 15.9 Å². The van der Waals surface area contributed by atoms with Gasteiger partial charge in [-0.1, -0.05) is 35.0 Å². The summed E-state index contributed by atoms with van der Waals surface area (Å²) < 4.78 is 0. The average molecular weight is 241 g/mol. The van der Waals surface area contributed by atoms with E-state index in [1.807, 2.05) is 0 Å². The van der Waals surface area contributed by atoms with Crippen LogP contribution in [0.25, 0.3) is 0 Å². The number of halogens is 1. The fraction of sp³-hybridized carbons (Fsp3) is 0.500. The lowest BCUT2D eigenvalue weighted by atomic mass is 9.98. The molecule has 0 nitrogen and oxygen atoms in total. The van der Waals surface area contributed by atoms with Crippen LogP contribution in [0.4, 0.5) is 0 Å². The Hall–Kier alpha value is -0.300. The van der Waals surface area contributed by atoms with E-state index in [-0.39, 0.29) is 0 Å². The minimum atomic E-state index is 0.563. The summed E-state index contributed by atoms with van der Waals surface area (Å²) in [5.41, 5.74) is 5.67. The number of aryl methyl sites for hydroxylation is 3. The van der Waals surface area contributed by atoms with E-state index in [0.717, 1.165) is 6.42 Å². The predicted molar refractivity (Wildman–Crippen MR) is 62.7 cm³/mol. The third kappa shape index (κ3) is 2.84. The van der Waals surface area contributed by atoms with Gasteiger partial charge in [0.05, 0.1) is 0 Å². The minimum absolute atomic E-state index is 0.563. The fourth-order valence-electron chi connectivity index (χ4n) is 1.54. The van der Waals surface area contributed by atoms with Gasteiger partial charge in [0.25, 0.3) is 0 Å². The van der Waals surface area contributed by atoms with Gasteiger partial charge in [-0.15, -0.1) is 0 Å². The van der Waals surface area contributed by atoms with Crippen LogP contribution in [0.3, 0.4) is 0 Å². The Labute approximate surface area is 89.5 Å². The highest BCUT2D eigenvalue weighted by molar-refractivity contribution is 9.09. The molecule has 0 bridgehead atoms. The quantitative estimate of drug-likeness (QED) is 0.688. The summed E-state index contributed by atoms with van der Waals surface area (Å²) in [6.07, 6.45) is 1.12. The van der Waals surface area contributed by atoms with E-state index in [1.54, 1.807) is 0 Å². The average Bonchev–Trinajstić information content (AvgIpc) is 1.99. The van der Waals surface area contributed by atoms with Crippen LogP contribution in [-0.2, 0) is 6.42 Å². The summed E-state index contributed by atoms with van der Waals surface area (Å²) in [6, 6.07) is 4.59. The Morgan fingerprint density at radius 2 is 1.62 bits per heavy atom. The maximum atomic E-state index is 3.59. The molecule has 0 aliphatic carbocycles. The van der Waals surface area contributed by atoms with Crippen LogP contribution in [0.15, 0.2) is 12.1 Å². The molecule has 13 heavy (non-hydrogen) atoms. The number of benzene rings is 1. The third-order valence-corrected chi connectivity index (χ3v) is 2.78. The summed E-state index contributed by atoms with van der Waals surface area (Å²) in [7, 11) is 0. The highest BCUT2D eigenvalue weighted by atomic mass is 79.9. The molecule has 0 fully saturated rings. The Morgan fingerprint density at radius 3 is 2.15 bits per heavy atom. The van der Waals surface area contributed by atoms with Crippen LogP contribution in [-0.4, -0.2) is 4.83 Å². The largest absolute Gasteiger partial charge is 0.0890 e. The molecule has 1 aromatic rings. The smallest absolute Gasteiger partial charge is 0.0158 e. The molecule has 1 heteroatoms. The molecule has 0 aliphatic heterocycles. The first kappa shape index (κ1) is 10.8. The summed E-state index contributed by atoms with van der Waals surface area (Å²) in [6.45, 7) is 8.73. The molecular weight excluding hydrogens is 224 g/mol. The molecule has 1 atom stereocenters. The van der Waals surface area contributed by atoms with Crippen molar-refractivity contribution < 1.29 is 0 Å². The Balaban J connectivity index is 3.01. The van der Waals surface area contributed by atoms with Crippen LogP contribution < -0.4 is 0 Å². The van der Waals surface area contributed by atoms with Crippen molar-refractivity contribution in [1.29, 1.82) is 0 Å². The summed E-state index contributed by atoms with van der Waals surface area (Å²) >= 11 is 3.59. The topological polar surface area (TPSA) is 0 Å². The molecule has 0 spiro atoms. The summed E-state index contributed by atoms with van der Waals surface area (Å²) in [5, 5.41) is 0. The standard InChI is InChI=1S/C12H17Br/c1-8-5-10(3)12(6-9(8)2)7-11(4)13/h5-6,11H,7H2,1-4H3. The molecule has 1 unspecified atom stereocenters. The van der Waals surface area contributed by atoms with E-state index in [2.05, 4.69) is 55.8 Å². The van der Waals surface area contributed by atoms with Gasteiger partial charge in [-0.05, 0) is 49.4 Å². The van der Waals surface area contributed by atoms with E-state index in [1.165, 1.54) is 22.3 Å². The second-order valence-electron chi connectivity index (χ2n) is 3.85. The van der Waals surface area contributed by atoms with Gasteiger partial charge in [0.15, 0.2) is 0 Å². The second kappa shape index (κ2) is 4.28. The van der Waals surface area contributed by atoms with E-state index in [9.17, 15) is 0 Å². The zero-order valence-electron chi connectivity index (χ0n) is 8.82. The monoisotopic (exact) mass is 240 g/mol. The zero-order chi connectivity index (χ0) is 10.0. The van der Waals surface area contributed by atoms with Crippen molar-refractivity contribution in [2.75, 3.05) is 0 Å². The molecule has 1 aromatic carbocycles. The summed E-state index contributed by atoms with van der Waals surface area (Å²) in [4.78, 5) is 0.563. The molecule has 1 rings (SSSR count). The maximum absolute atomic E-state index is 3.59. The first-order chi connectivity index (χ1) is 6.00. The molecule has 0 N–H and O–H groups in total. The molecular formula is C12H17Br. The lowest BCUT2D eigenvalue weighted by molar-refractivity contribution is 0.944. The van der Waals surface area contributed by atoms with E-state index in [0.29, 0.717) is 4.83 Å². The maximum Gasteiger partial charge on any atom is 0.0158 e. The van der Waals surface area contributed by atoms with Gasteiger partial charge in [-0.25, -0.2) is 0 Å². The first-order valence-electron chi connectivity index (χ1n) is 4.71. The fourth-order valence-corrected chi connectivity index (χ4v) is 1.89. The Bertz CT molecular complexity index is 300. The lowest BCUT2D eigenvalue weighted by Crippen LogP contribution is -2.00. The van der Waals surface area contributed by atoms with Gasteiger partial charge in [0.1, 0.15) is 0 Å². The van der Waals surface area contributed by atoms with Crippen molar-refractivity contribution in [3.63, 3.8) is 0 Å². The van der Waals surface area contributed by atoms with Crippen molar-refractivity contribution in [1.82, 2.24) is 0 Å². The van der Waals surface area contributed by atoms with Gasteiger partial charge < -0.3 is 0 Å². The number of hydrogen-bond donors (Lipinski definition) is 0. The molecule has 0 aromatic heterocycles. The Morgan fingerprint density at radius 1 is 1.08 bits per heavy atom. The number of alkyl halides is 1. The SMILES string of the molecule is Cc1cc(C)c(CC(C)Br)cc1C. The lowest BCUT2D eigenvalue weighted by Gasteiger charge is -2.10. The van der Waals surface area contributed by atoms with Crippen LogP contribution in [0.5, 0.6) is 0 Å². The Kier molecular flexibility index (Phi) is 3.55. The van der Waals surface area contributed by atoms with Gasteiger partial charge in [-0.3, -0.25) is 0 Å². The van der Waals surface area contributed by atoms with Crippen molar-refractivity contribution in [3.05, 3.63) is 34.4 Å². The third-order valence-electron chi connectivity index (χ3n) is 2.45. The number of hydrogen-bond acceptors (Lipinski definition) is 0. The number of rotatable bonds is 2. The molecule has 0 amide bonds. The molecule has 0 heterocycles. The van der Waals surface area contributed by atoms with Crippen LogP contribution in [0, 0.1) is 20.8 Å². The van der Waals surface area contributed by atoms with Gasteiger partial charge in [0, 0.05) is 4.83 Å². The van der Waals surface area contributed by atoms with Crippen LogP contribution in [0.2, 0.25) is 0 Å². The molecule has 0 saturated carbocycles. The van der Waals surface area contributed by atoms with Crippen molar-refractivity contribution in [3.8, 4) is 0 Å². The highest BCUT2D eigenvalue weighted by Crippen LogP contribution is 2.18.